The molecule has 0 unspecified atom stereocenters. The number of aromatic nitrogens is 4. The fourth-order valence-electron chi connectivity index (χ4n) is 5.95. The van der Waals surface area contributed by atoms with Gasteiger partial charge in [-0.25, -0.2) is 9.69 Å². The van der Waals surface area contributed by atoms with E-state index in [1.165, 1.54) is 0 Å². The van der Waals surface area contributed by atoms with E-state index in [4.69, 9.17) is 21.3 Å². The van der Waals surface area contributed by atoms with Gasteiger partial charge in [-0.3, -0.25) is 9.88 Å². The number of nitrogens with zero attached hydrogens (tertiary/aromatic N) is 7. The van der Waals surface area contributed by atoms with Crippen LogP contribution in [0.4, 0.5) is 11.4 Å². The summed E-state index contributed by atoms with van der Waals surface area (Å²) in [7, 11) is 0. The zero-order valence-corrected chi connectivity index (χ0v) is 25.7. The Morgan fingerprint density at radius 1 is 1.07 bits per heavy atom. The lowest BCUT2D eigenvalue weighted by atomic mass is 9.98. The van der Waals surface area contributed by atoms with Crippen LogP contribution >= 0.6 is 11.6 Å². The molecule has 2 aliphatic rings. The Morgan fingerprint density at radius 3 is 2.51 bits per heavy atom. The molecule has 0 amide bonds. The highest BCUT2D eigenvalue weighted by atomic mass is 35.5. The Morgan fingerprint density at radius 2 is 1.81 bits per heavy atom. The molecule has 0 spiro atoms. The van der Waals surface area contributed by atoms with Gasteiger partial charge in [0.25, 0.3) is 0 Å². The number of pyridine rings is 1. The zero-order valence-electron chi connectivity index (χ0n) is 24.9. The molecule has 0 aliphatic carbocycles. The van der Waals surface area contributed by atoms with Crippen LogP contribution < -0.4 is 10.7 Å². The van der Waals surface area contributed by atoms with Crippen molar-refractivity contribution in [2.45, 2.75) is 51.2 Å². The van der Waals surface area contributed by atoms with Crippen molar-refractivity contribution in [2.75, 3.05) is 50.1 Å². The van der Waals surface area contributed by atoms with E-state index >= 15 is 0 Å². The van der Waals surface area contributed by atoms with Crippen molar-refractivity contribution in [3.8, 4) is 6.07 Å². The summed E-state index contributed by atoms with van der Waals surface area (Å²) in [5.74, 6) is 0. The van der Waals surface area contributed by atoms with Gasteiger partial charge in [-0.2, -0.15) is 5.26 Å². The van der Waals surface area contributed by atoms with Gasteiger partial charge >= 0.3 is 0 Å². The minimum Gasteiger partial charge on any atom is -0.379 e. The number of piperidine rings is 1. The van der Waals surface area contributed by atoms with Crippen LogP contribution in [0.25, 0.3) is 10.9 Å². The second kappa shape index (κ2) is 12.5. The molecule has 6 rings (SSSR count). The lowest BCUT2D eigenvalue weighted by Gasteiger charge is -2.40. The molecule has 2 aromatic carbocycles. The number of anilines is 2. The number of morpholine rings is 1. The highest BCUT2D eigenvalue weighted by Gasteiger charge is 2.29. The van der Waals surface area contributed by atoms with Crippen LogP contribution in [0, 0.1) is 11.3 Å². The number of rotatable bonds is 7. The molecule has 2 fully saturated rings. The average Bonchev–Trinajstić information content (AvgIpc) is 3.51. The van der Waals surface area contributed by atoms with E-state index in [2.05, 4.69) is 76.1 Å². The van der Waals surface area contributed by atoms with Crippen molar-refractivity contribution in [3.63, 3.8) is 0 Å². The monoisotopic (exact) mass is 599 g/mol. The topological polar surface area (TPSA) is 107 Å². The fraction of sp³-hybridized carbons (Fsp3) is 0.438. The molecular formula is C32H38ClN9O. The van der Waals surface area contributed by atoms with Crippen molar-refractivity contribution < 1.29 is 4.74 Å². The number of benzene rings is 2. The quantitative estimate of drug-likeness (QED) is 0.279. The van der Waals surface area contributed by atoms with Crippen LogP contribution in [-0.2, 0) is 4.74 Å². The lowest BCUT2D eigenvalue weighted by Crippen LogP contribution is -2.46. The zero-order chi connectivity index (χ0) is 30.0. The van der Waals surface area contributed by atoms with Crippen LogP contribution in [0.2, 0.25) is 5.02 Å². The van der Waals surface area contributed by atoms with Crippen molar-refractivity contribution in [1.29, 1.82) is 5.26 Å². The lowest BCUT2D eigenvalue weighted by molar-refractivity contribution is 0.0497. The van der Waals surface area contributed by atoms with Crippen LogP contribution in [0.15, 0.2) is 54.9 Å². The number of halogens is 1. The number of nitrogens with one attached hydrogen (secondary N) is 2. The first-order chi connectivity index (χ1) is 20.8. The predicted molar refractivity (Wildman–Crippen MR) is 169 cm³/mol. The van der Waals surface area contributed by atoms with Gasteiger partial charge in [-0.1, -0.05) is 47.1 Å². The number of likely N-dealkylation sites (tertiary alicyclic amines) is 1. The van der Waals surface area contributed by atoms with E-state index in [1.54, 1.807) is 6.20 Å². The molecule has 1 atom stereocenters. The number of hydrazine groups is 1. The maximum absolute atomic E-state index is 9.91. The maximum Gasteiger partial charge on any atom is 0.109 e. The molecule has 0 radical (unpaired) electrons. The maximum atomic E-state index is 9.91. The number of hydrogen-bond acceptors (Lipinski definition) is 9. The third-order valence-electron chi connectivity index (χ3n) is 8.38. The van der Waals surface area contributed by atoms with E-state index in [0.717, 1.165) is 48.3 Å². The van der Waals surface area contributed by atoms with Crippen molar-refractivity contribution in [1.82, 2.24) is 29.9 Å². The predicted octanol–water partition coefficient (Wildman–Crippen LogP) is 5.65. The molecule has 2 N–H and O–H groups in total. The average molecular weight is 600 g/mol. The Hall–Kier alpha value is -3.75. The molecule has 224 valence electrons. The third-order valence-corrected chi connectivity index (χ3v) is 8.60. The first-order valence-corrected chi connectivity index (χ1v) is 15.3. The third kappa shape index (κ3) is 6.45. The van der Waals surface area contributed by atoms with E-state index in [1.807, 2.05) is 35.0 Å². The van der Waals surface area contributed by atoms with Gasteiger partial charge in [0.2, 0.25) is 0 Å². The minimum absolute atomic E-state index is 0.167. The van der Waals surface area contributed by atoms with Crippen molar-refractivity contribution >= 4 is 33.9 Å². The standard InChI is InChI=1S/C32H38ClN9O/c1-32(2,3)40-11-9-25(10-12-40)42-21-28(37-39-42)30(22-7-5-4-6-8-22)36-27-18-24(33)17-26-29(23(19-34)20-35-31(26)27)38-41-13-15-43-16-14-41/h4-8,17-18,20-21,25,30,36H,9-16H2,1-3H3,(H,35,38)/t30-/m0/s1. The van der Waals surface area contributed by atoms with E-state index in [9.17, 15) is 5.26 Å². The molecule has 2 aliphatic heterocycles. The van der Waals surface area contributed by atoms with Gasteiger partial charge in [-0.15, -0.1) is 5.10 Å². The van der Waals surface area contributed by atoms with E-state index in [-0.39, 0.29) is 11.6 Å². The van der Waals surface area contributed by atoms with Gasteiger partial charge in [0.1, 0.15) is 11.8 Å². The molecule has 4 aromatic rings. The molecule has 4 heterocycles. The van der Waals surface area contributed by atoms with Crippen LogP contribution in [0.5, 0.6) is 0 Å². The molecule has 0 saturated carbocycles. The Bertz CT molecular complexity index is 1600. The highest BCUT2D eigenvalue weighted by molar-refractivity contribution is 6.32. The summed E-state index contributed by atoms with van der Waals surface area (Å²) in [5.41, 5.74) is 8.07. The number of fused-ring (bicyclic) bond motifs is 1. The first-order valence-electron chi connectivity index (χ1n) is 14.9. The SMILES string of the molecule is CC(C)(C)N1CCC(n2cc([C@@H](Nc3cc(Cl)cc4c(NN5CCOCC5)c(C#N)cnc34)c3ccccc3)nn2)CC1. The van der Waals surface area contributed by atoms with Gasteiger partial charge < -0.3 is 15.5 Å². The van der Waals surface area contributed by atoms with Crippen LogP contribution in [0.1, 0.15) is 62.5 Å². The summed E-state index contributed by atoms with van der Waals surface area (Å²) in [5, 5.41) is 26.2. The smallest absolute Gasteiger partial charge is 0.109 e. The largest absolute Gasteiger partial charge is 0.379 e. The number of hydrogen-bond donors (Lipinski definition) is 2. The summed E-state index contributed by atoms with van der Waals surface area (Å²) in [6.45, 7) is 11.6. The molecular weight excluding hydrogens is 562 g/mol. The molecule has 2 aromatic heterocycles. The number of ether oxygens (including phenoxy) is 1. The first kappa shape index (κ1) is 29.3. The summed E-state index contributed by atoms with van der Waals surface area (Å²) in [6.07, 6.45) is 5.75. The Kier molecular flexibility index (Phi) is 8.50. The fourth-order valence-corrected chi connectivity index (χ4v) is 6.17. The van der Waals surface area contributed by atoms with E-state index < -0.39 is 0 Å². The minimum atomic E-state index is -0.292. The number of nitriles is 1. The molecule has 11 heteroatoms. The highest BCUT2D eigenvalue weighted by Crippen LogP contribution is 2.37. The molecule has 0 bridgehead atoms. The molecule has 2 saturated heterocycles. The van der Waals surface area contributed by atoms with Crippen molar-refractivity contribution in [2.24, 2.45) is 0 Å². The Balaban J connectivity index is 1.34. The summed E-state index contributed by atoms with van der Waals surface area (Å²) < 4.78 is 7.53. The summed E-state index contributed by atoms with van der Waals surface area (Å²) >= 11 is 6.71. The summed E-state index contributed by atoms with van der Waals surface area (Å²) in [4.78, 5) is 7.25. The second-order valence-corrected chi connectivity index (χ2v) is 12.7. The van der Waals surface area contributed by atoms with Gasteiger partial charge in [0, 0.05) is 48.3 Å². The molecule has 10 nitrogen and oxygen atoms in total. The van der Waals surface area contributed by atoms with E-state index in [0.29, 0.717) is 54.1 Å². The van der Waals surface area contributed by atoms with Crippen LogP contribution in [0.3, 0.4) is 0 Å². The van der Waals surface area contributed by atoms with Crippen LogP contribution in [-0.4, -0.2) is 74.8 Å². The molecule has 43 heavy (non-hydrogen) atoms. The van der Waals surface area contributed by atoms with Gasteiger partial charge in [0.15, 0.2) is 0 Å². The Labute approximate surface area is 257 Å². The van der Waals surface area contributed by atoms with Crippen molar-refractivity contribution in [3.05, 3.63) is 76.7 Å². The van der Waals surface area contributed by atoms with Gasteiger partial charge in [0.05, 0.1) is 53.9 Å². The summed E-state index contributed by atoms with van der Waals surface area (Å²) in [6, 6.07) is 16.2. The van der Waals surface area contributed by atoms with Gasteiger partial charge in [-0.05, 0) is 51.3 Å². The second-order valence-electron chi connectivity index (χ2n) is 12.2. The normalized spacial score (nSPS) is 17.9.